The smallest absolute Gasteiger partial charge is 0.307 e. The topological polar surface area (TPSA) is 70.2 Å². The zero-order valence-electron chi connectivity index (χ0n) is 9.91. The number of rotatable bonds is 3. The first-order chi connectivity index (χ1) is 9.40. The summed E-state index contributed by atoms with van der Waals surface area (Å²) in [4.78, 5) is 25.4. The van der Waals surface area contributed by atoms with Gasteiger partial charge in [-0.3, -0.25) is 9.59 Å². The van der Waals surface area contributed by atoms with E-state index in [0.717, 1.165) is 0 Å². The Balaban J connectivity index is 2.75. The molecule has 1 aromatic carbocycles. The first kappa shape index (κ1) is 14.9. The molecule has 0 unspecified atom stereocenters. The van der Waals surface area contributed by atoms with Crippen molar-refractivity contribution in [1.29, 1.82) is 0 Å². The summed E-state index contributed by atoms with van der Waals surface area (Å²) in [5.41, 5.74) is 0.344. The van der Waals surface area contributed by atoms with Gasteiger partial charge in [0.05, 0.1) is 22.0 Å². The molecule has 7 heteroatoms. The normalized spacial score (nSPS) is 10.6. The molecule has 0 saturated carbocycles. The summed E-state index contributed by atoms with van der Waals surface area (Å²) < 4.78 is 0. The maximum Gasteiger partial charge on any atom is 0.307 e. The van der Waals surface area contributed by atoms with Gasteiger partial charge >= 0.3 is 5.97 Å². The van der Waals surface area contributed by atoms with Gasteiger partial charge in [0.2, 0.25) is 0 Å². The van der Waals surface area contributed by atoms with Crippen LogP contribution < -0.4 is 5.56 Å². The second kappa shape index (κ2) is 5.87. The number of carbonyl (C=O) groups is 1. The molecule has 2 aromatic rings. The number of aromatic amines is 1. The molecule has 2 N–H and O–H groups in total. The zero-order chi connectivity index (χ0) is 14.9. The Morgan fingerprint density at radius 3 is 2.60 bits per heavy atom. The highest BCUT2D eigenvalue weighted by molar-refractivity contribution is 6.45. The van der Waals surface area contributed by atoms with Crippen molar-refractivity contribution in [3.63, 3.8) is 0 Å². The van der Waals surface area contributed by atoms with Crippen LogP contribution in [0.4, 0.5) is 0 Å². The van der Waals surface area contributed by atoms with Crippen molar-refractivity contribution in [3.8, 4) is 11.1 Å². The second-order valence-electron chi connectivity index (χ2n) is 4.03. The molecule has 0 aliphatic carbocycles. The highest BCUT2D eigenvalue weighted by Gasteiger charge is 2.17. The molecule has 0 fully saturated rings. The molecule has 1 aromatic heterocycles. The molecular weight excluding hydrogens is 325 g/mol. The monoisotopic (exact) mass is 331 g/mol. The Hall–Kier alpha value is -1.49. The van der Waals surface area contributed by atoms with E-state index < -0.39 is 11.5 Å². The number of halogens is 3. The molecule has 4 nitrogen and oxygen atoms in total. The van der Waals surface area contributed by atoms with Crippen molar-refractivity contribution in [2.75, 3.05) is 0 Å². The Morgan fingerprint density at radius 1 is 1.25 bits per heavy atom. The van der Waals surface area contributed by atoms with Crippen LogP contribution in [0.1, 0.15) is 5.56 Å². The Morgan fingerprint density at radius 2 is 1.95 bits per heavy atom. The van der Waals surface area contributed by atoms with Crippen LogP contribution in [-0.4, -0.2) is 16.1 Å². The first-order valence-electron chi connectivity index (χ1n) is 5.47. The van der Waals surface area contributed by atoms with Gasteiger partial charge in [-0.25, -0.2) is 0 Å². The predicted molar refractivity (Wildman–Crippen MR) is 78.9 cm³/mol. The summed E-state index contributed by atoms with van der Waals surface area (Å²) in [6.45, 7) is 0. The molecule has 1 heterocycles. The minimum absolute atomic E-state index is 0.152. The van der Waals surface area contributed by atoms with Crippen LogP contribution in [0.15, 0.2) is 29.2 Å². The summed E-state index contributed by atoms with van der Waals surface area (Å²) in [5, 5.41) is 9.56. The summed E-state index contributed by atoms with van der Waals surface area (Å²) >= 11 is 17.9. The number of hydrogen-bond acceptors (Lipinski definition) is 2. The molecule has 2 rings (SSSR count). The number of hydrogen-bond donors (Lipinski definition) is 2. The van der Waals surface area contributed by atoms with Crippen molar-refractivity contribution in [2.24, 2.45) is 0 Å². The minimum atomic E-state index is -1.05. The van der Waals surface area contributed by atoms with E-state index in [1.165, 1.54) is 24.4 Å². The van der Waals surface area contributed by atoms with Crippen molar-refractivity contribution >= 4 is 40.8 Å². The summed E-state index contributed by atoms with van der Waals surface area (Å²) in [6, 6.07) is 4.44. The first-order valence-corrected chi connectivity index (χ1v) is 6.61. The summed E-state index contributed by atoms with van der Waals surface area (Å²) in [6.07, 6.45) is 1.07. The third-order valence-corrected chi connectivity index (χ3v) is 3.67. The quantitative estimate of drug-likeness (QED) is 0.843. The van der Waals surface area contributed by atoms with Crippen LogP contribution in [0.25, 0.3) is 11.1 Å². The molecule has 0 radical (unpaired) electrons. The molecule has 0 spiro atoms. The molecule has 0 bridgehead atoms. The summed E-state index contributed by atoms with van der Waals surface area (Å²) in [5.74, 6) is -1.05. The fourth-order valence-corrected chi connectivity index (χ4v) is 2.56. The minimum Gasteiger partial charge on any atom is -0.481 e. The zero-order valence-corrected chi connectivity index (χ0v) is 12.2. The number of pyridine rings is 1. The highest BCUT2D eigenvalue weighted by Crippen LogP contribution is 2.36. The van der Waals surface area contributed by atoms with Crippen LogP contribution in [0.2, 0.25) is 15.1 Å². The number of aromatic nitrogens is 1. The van der Waals surface area contributed by atoms with E-state index in [9.17, 15) is 9.59 Å². The lowest BCUT2D eigenvalue weighted by molar-refractivity contribution is -0.136. The van der Waals surface area contributed by atoms with Gasteiger partial charge in [0.25, 0.3) is 5.56 Å². The summed E-state index contributed by atoms with van der Waals surface area (Å²) in [7, 11) is 0. The number of H-pyrrole nitrogens is 1. The Kier molecular flexibility index (Phi) is 4.38. The standard InChI is InChI=1S/C13H8Cl3NO3/c14-7-4-8(12(16)9(15)5-7)11-6(3-10(18)19)1-2-17-13(11)20/h1-2,4-5H,3H2,(H,17,20)(H,18,19). The van der Waals surface area contributed by atoms with Gasteiger partial charge in [-0.1, -0.05) is 34.8 Å². The van der Waals surface area contributed by atoms with E-state index in [1.807, 2.05) is 0 Å². The van der Waals surface area contributed by atoms with Gasteiger partial charge in [0.15, 0.2) is 0 Å². The van der Waals surface area contributed by atoms with Crippen molar-refractivity contribution in [3.05, 3.63) is 55.4 Å². The fourth-order valence-electron chi connectivity index (χ4n) is 1.86. The largest absolute Gasteiger partial charge is 0.481 e. The van der Waals surface area contributed by atoms with Gasteiger partial charge in [-0.2, -0.15) is 0 Å². The molecule has 20 heavy (non-hydrogen) atoms. The average Bonchev–Trinajstić information content (AvgIpc) is 2.34. The number of nitrogens with one attached hydrogen (secondary N) is 1. The van der Waals surface area contributed by atoms with Crippen molar-refractivity contribution in [2.45, 2.75) is 6.42 Å². The highest BCUT2D eigenvalue weighted by atomic mass is 35.5. The molecular formula is C13H8Cl3NO3. The van der Waals surface area contributed by atoms with E-state index in [4.69, 9.17) is 39.9 Å². The van der Waals surface area contributed by atoms with E-state index in [0.29, 0.717) is 16.1 Å². The number of benzene rings is 1. The van der Waals surface area contributed by atoms with Gasteiger partial charge in [0, 0.05) is 16.8 Å². The molecule has 0 atom stereocenters. The van der Waals surface area contributed by atoms with Crippen LogP contribution in [0.3, 0.4) is 0 Å². The van der Waals surface area contributed by atoms with Gasteiger partial charge < -0.3 is 10.1 Å². The lowest BCUT2D eigenvalue weighted by Crippen LogP contribution is -2.14. The number of carboxylic acid groups (broad SMARTS) is 1. The predicted octanol–water partition coefficient (Wildman–Crippen LogP) is 3.63. The van der Waals surface area contributed by atoms with Crippen LogP contribution >= 0.6 is 34.8 Å². The molecule has 104 valence electrons. The van der Waals surface area contributed by atoms with Crippen LogP contribution in [0.5, 0.6) is 0 Å². The van der Waals surface area contributed by atoms with Gasteiger partial charge in [0.1, 0.15) is 0 Å². The van der Waals surface area contributed by atoms with E-state index in [1.54, 1.807) is 0 Å². The Labute approximate surface area is 128 Å². The van der Waals surface area contributed by atoms with E-state index in [2.05, 4.69) is 4.98 Å². The fraction of sp³-hybridized carbons (Fsp3) is 0.0769. The molecule has 0 amide bonds. The lowest BCUT2D eigenvalue weighted by Gasteiger charge is -2.10. The maximum atomic E-state index is 12.0. The second-order valence-corrected chi connectivity index (χ2v) is 5.25. The third kappa shape index (κ3) is 2.98. The SMILES string of the molecule is O=C(O)Cc1cc[nH]c(=O)c1-c1cc(Cl)cc(Cl)c1Cl. The van der Waals surface area contributed by atoms with Crippen LogP contribution in [0, 0.1) is 0 Å². The molecule has 0 aliphatic rings. The number of aliphatic carboxylic acids is 1. The average molecular weight is 333 g/mol. The van der Waals surface area contributed by atoms with Crippen LogP contribution in [-0.2, 0) is 11.2 Å². The van der Waals surface area contributed by atoms with Crippen molar-refractivity contribution < 1.29 is 9.90 Å². The van der Waals surface area contributed by atoms with E-state index >= 15 is 0 Å². The van der Waals surface area contributed by atoms with E-state index in [-0.39, 0.29) is 22.0 Å². The molecule has 0 aliphatic heterocycles. The van der Waals surface area contributed by atoms with Gasteiger partial charge in [-0.15, -0.1) is 0 Å². The molecule has 0 saturated heterocycles. The maximum absolute atomic E-state index is 12.0. The third-order valence-electron chi connectivity index (χ3n) is 2.65. The lowest BCUT2D eigenvalue weighted by atomic mass is 9.99. The number of carboxylic acids is 1. The van der Waals surface area contributed by atoms with Gasteiger partial charge in [-0.05, 0) is 23.8 Å². The van der Waals surface area contributed by atoms with Crippen molar-refractivity contribution in [1.82, 2.24) is 4.98 Å². The Bertz CT molecular complexity index is 740.